The van der Waals surface area contributed by atoms with E-state index in [9.17, 15) is 10.2 Å². The lowest BCUT2D eigenvalue weighted by Crippen LogP contribution is -2.50. The van der Waals surface area contributed by atoms with Crippen LogP contribution < -0.4 is 11.6 Å². The fourth-order valence-corrected chi connectivity index (χ4v) is 1.90. The lowest BCUT2D eigenvalue weighted by Gasteiger charge is -2.36. The standard InChI is InChI=1S/C10H21N3O4/c1-13(12)4-6(11)2-7-3-8(15)10(16)9(5-14)17-7/h4,7-10,14-16H,2-3,5,11-12H2,1H3/b6-4-. The maximum Gasteiger partial charge on any atom is 0.109 e. The summed E-state index contributed by atoms with van der Waals surface area (Å²) in [6.45, 7) is -0.338. The van der Waals surface area contributed by atoms with Gasteiger partial charge in [0.1, 0.15) is 12.2 Å². The summed E-state index contributed by atoms with van der Waals surface area (Å²) >= 11 is 0. The molecule has 1 fully saturated rings. The molecule has 0 amide bonds. The Hall–Kier alpha value is -0.860. The van der Waals surface area contributed by atoms with Crippen LogP contribution >= 0.6 is 0 Å². The largest absolute Gasteiger partial charge is 0.401 e. The molecule has 4 atom stereocenters. The number of ether oxygens (including phenoxy) is 1. The average Bonchev–Trinajstić information content (AvgIpc) is 2.21. The molecule has 0 radical (unpaired) electrons. The summed E-state index contributed by atoms with van der Waals surface area (Å²) < 4.78 is 5.43. The molecule has 1 heterocycles. The second-order valence-corrected chi connectivity index (χ2v) is 4.35. The Morgan fingerprint density at radius 3 is 2.71 bits per heavy atom. The van der Waals surface area contributed by atoms with Gasteiger partial charge in [-0.05, 0) is 0 Å². The minimum atomic E-state index is -1.06. The molecule has 4 unspecified atom stereocenters. The van der Waals surface area contributed by atoms with E-state index in [4.69, 9.17) is 21.4 Å². The van der Waals surface area contributed by atoms with Gasteiger partial charge in [-0.3, -0.25) is 0 Å². The van der Waals surface area contributed by atoms with Crippen LogP contribution in [0.5, 0.6) is 0 Å². The Labute approximate surface area is 100 Å². The first-order valence-corrected chi connectivity index (χ1v) is 5.50. The highest BCUT2D eigenvalue weighted by atomic mass is 16.5. The van der Waals surface area contributed by atoms with Gasteiger partial charge in [-0.25, -0.2) is 5.84 Å². The molecule has 0 spiro atoms. The van der Waals surface area contributed by atoms with E-state index in [1.807, 2.05) is 0 Å². The van der Waals surface area contributed by atoms with Crippen molar-refractivity contribution in [1.82, 2.24) is 5.01 Å². The maximum atomic E-state index is 9.61. The van der Waals surface area contributed by atoms with Gasteiger partial charge in [-0.15, -0.1) is 0 Å². The summed E-state index contributed by atoms with van der Waals surface area (Å²) in [6.07, 6.45) is -0.848. The molecule has 0 aromatic rings. The molecule has 7 nitrogen and oxygen atoms in total. The number of hydrogen-bond acceptors (Lipinski definition) is 7. The topological polar surface area (TPSA) is 125 Å². The van der Waals surface area contributed by atoms with Crippen molar-refractivity contribution in [2.24, 2.45) is 11.6 Å². The molecule has 0 saturated carbocycles. The Bertz CT molecular complexity index is 272. The summed E-state index contributed by atoms with van der Waals surface area (Å²) in [5.74, 6) is 5.41. The normalized spacial score (nSPS) is 34.8. The van der Waals surface area contributed by atoms with Crippen molar-refractivity contribution >= 4 is 0 Å². The highest BCUT2D eigenvalue weighted by Gasteiger charge is 2.36. The molecule has 1 rings (SSSR count). The second-order valence-electron chi connectivity index (χ2n) is 4.35. The van der Waals surface area contributed by atoms with Crippen molar-refractivity contribution < 1.29 is 20.1 Å². The van der Waals surface area contributed by atoms with Gasteiger partial charge in [0.15, 0.2) is 0 Å². The van der Waals surface area contributed by atoms with E-state index >= 15 is 0 Å². The van der Waals surface area contributed by atoms with Crippen LogP contribution in [0.1, 0.15) is 12.8 Å². The van der Waals surface area contributed by atoms with E-state index in [0.717, 1.165) is 0 Å². The monoisotopic (exact) mass is 247 g/mol. The molecule has 7 N–H and O–H groups in total. The van der Waals surface area contributed by atoms with Gasteiger partial charge in [0.2, 0.25) is 0 Å². The van der Waals surface area contributed by atoms with Crippen molar-refractivity contribution in [3.8, 4) is 0 Å². The minimum absolute atomic E-state index is 0.278. The van der Waals surface area contributed by atoms with E-state index < -0.39 is 18.3 Å². The van der Waals surface area contributed by atoms with Gasteiger partial charge < -0.3 is 30.8 Å². The predicted octanol–water partition coefficient (Wildman–Crippen LogP) is -2.15. The fourth-order valence-electron chi connectivity index (χ4n) is 1.90. The Balaban J connectivity index is 2.55. The molecular weight excluding hydrogens is 226 g/mol. The molecular formula is C10H21N3O4. The SMILES string of the molecule is CN(N)/C=C(\N)CC1CC(O)C(O)C(CO)O1. The van der Waals surface area contributed by atoms with E-state index in [1.54, 1.807) is 13.2 Å². The summed E-state index contributed by atoms with van der Waals surface area (Å²) in [4.78, 5) is 0. The average molecular weight is 247 g/mol. The third-order valence-electron chi connectivity index (χ3n) is 2.66. The molecule has 0 aromatic carbocycles. The summed E-state index contributed by atoms with van der Waals surface area (Å²) in [7, 11) is 1.64. The number of hydrogen-bond donors (Lipinski definition) is 5. The van der Waals surface area contributed by atoms with E-state index in [2.05, 4.69) is 0 Å². The van der Waals surface area contributed by atoms with Crippen LogP contribution in [-0.2, 0) is 4.74 Å². The fraction of sp³-hybridized carbons (Fsp3) is 0.800. The predicted molar refractivity (Wildman–Crippen MR) is 61.2 cm³/mol. The Kier molecular flexibility index (Phi) is 5.16. The molecule has 17 heavy (non-hydrogen) atoms. The first kappa shape index (κ1) is 14.2. The van der Waals surface area contributed by atoms with Crippen LogP contribution in [0.3, 0.4) is 0 Å². The van der Waals surface area contributed by atoms with Gasteiger partial charge in [-0.2, -0.15) is 0 Å². The van der Waals surface area contributed by atoms with Crippen LogP contribution in [0.4, 0.5) is 0 Å². The van der Waals surface area contributed by atoms with Crippen molar-refractivity contribution in [1.29, 1.82) is 0 Å². The number of hydrazine groups is 1. The molecule has 7 heteroatoms. The summed E-state index contributed by atoms with van der Waals surface area (Å²) in [5, 5.41) is 29.5. The Morgan fingerprint density at radius 1 is 1.53 bits per heavy atom. The molecule has 1 aliphatic heterocycles. The summed E-state index contributed by atoms with van der Waals surface area (Å²) in [6, 6.07) is 0. The van der Waals surface area contributed by atoms with Crippen LogP contribution in [-0.4, -0.2) is 58.4 Å². The minimum Gasteiger partial charge on any atom is -0.401 e. The van der Waals surface area contributed by atoms with Crippen molar-refractivity contribution in [3.63, 3.8) is 0 Å². The highest BCUT2D eigenvalue weighted by Crippen LogP contribution is 2.23. The van der Waals surface area contributed by atoms with Gasteiger partial charge in [0, 0.05) is 31.8 Å². The van der Waals surface area contributed by atoms with Crippen molar-refractivity contribution in [2.75, 3.05) is 13.7 Å². The number of nitrogens with zero attached hydrogens (tertiary/aromatic N) is 1. The number of aliphatic hydroxyl groups excluding tert-OH is 3. The smallest absolute Gasteiger partial charge is 0.109 e. The molecule has 0 bridgehead atoms. The zero-order chi connectivity index (χ0) is 13.0. The lowest BCUT2D eigenvalue weighted by molar-refractivity contribution is -0.178. The number of aliphatic hydroxyl groups is 3. The van der Waals surface area contributed by atoms with Crippen LogP contribution in [0, 0.1) is 0 Å². The molecule has 0 aromatic heterocycles. The number of rotatable bonds is 4. The van der Waals surface area contributed by atoms with Gasteiger partial charge >= 0.3 is 0 Å². The molecule has 0 aliphatic carbocycles. The first-order chi connectivity index (χ1) is 7.93. The van der Waals surface area contributed by atoms with Crippen molar-refractivity contribution in [2.45, 2.75) is 37.3 Å². The van der Waals surface area contributed by atoms with Crippen LogP contribution in [0.15, 0.2) is 11.9 Å². The Morgan fingerprint density at radius 2 is 2.18 bits per heavy atom. The van der Waals surface area contributed by atoms with E-state index in [-0.39, 0.29) is 19.1 Å². The quantitative estimate of drug-likeness (QED) is 0.283. The maximum absolute atomic E-state index is 9.61. The lowest BCUT2D eigenvalue weighted by atomic mass is 9.96. The zero-order valence-corrected chi connectivity index (χ0v) is 9.86. The second kappa shape index (κ2) is 6.18. The van der Waals surface area contributed by atoms with Crippen LogP contribution in [0.2, 0.25) is 0 Å². The molecule has 1 saturated heterocycles. The first-order valence-electron chi connectivity index (χ1n) is 5.50. The zero-order valence-electron chi connectivity index (χ0n) is 9.86. The van der Waals surface area contributed by atoms with Crippen LogP contribution in [0.25, 0.3) is 0 Å². The van der Waals surface area contributed by atoms with E-state index in [1.165, 1.54) is 5.01 Å². The van der Waals surface area contributed by atoms with Gasteiger partial charge in [0.25, 0.3) is 0 Å². The van der Waals surface area contributed by atoms with Gasteiger partial charge in [0.05, 0.1) is 18.8 Å². The van der Waals surface area contributed by atoms with E-state index in [0.29, 0.717) is 12.1 Å². The highest BCUT2D eigenvalue weighted by molar-refractivity contribution is 4.99. The molecule has 1 aliphatic rings. The van der Waals surface area contributed by atoms with Gasteiger partial charge in [-0.1, -0.05) is 0 Å². The third-order valence-corrected chi connectivity index (χ3v) is 2.66. The summed E-state index contributed by atoms with van der Waals surface area (Å²) in [5.41, 5.74) is 6.24. The number of nitrogens with two attached hydrogens (primary N) is 2. The third kappa shape index (κ3) is 4.14. The van der Waals surface area contributed by atoms with Crippen molar-refractivity contribution in [3.05, 3.63) is 11.9 Å². The molecule has 100 valence electrons.